The molecule has 0 aliphatic rings. The van der Waals surface area contributed by atoms with Crippen molar-refractivity contribution in [2.75, 3.05) is 13.2 Å². The summed E-state index contributed by atoms with van der Waals surface area (Å²) in [6, 6.07) is 8.62. The number of hydrogen-bond acceptors (Lipinski definition) is 7. The minimum atomic E-state index is -3.89. The average molecular weight is 367 g/mol. The van der Waals surface area contributed by atoms with Gasteiger partial charge < -0.3 is 5.11 Å². The Bertz CT molecular complexity index is 872. The van der Waals surface area contributed by atoms with Crippen molar-refractivity contribution < 1.29 is 18.4 Å². The third kappa shape index (κ3) is 3.77. The Kier molecular flexibility index (Phi) is 5.63. The number of aliphatic hydroxyl groups is 1. The molecule has 0 unspecified atom stereocenters. The van der Waals surface area contributed by atoms with Crippen LogP contribution in [0, 0.1) is 21.4 Å². The minimum absolute atomic E-state index is 0.0787. The van der Waals surface area contributed by atoms with E-state index in [0.717, 1.165) is 15.6 Å². The van der Waals surface area contributed by atoms with Crippen LogP contribution in [-0.2, 0) is 16.6 Å². The third-order valence-electron chi connectivity index (χ3n) is 3.19. The summed E-state index contributed by atoms with van der Waals surface area (Å²) in [5.74, 6) is 0. The zero-order valence-corrected chi connectivity index (χ0v) is 14.0. The standard InChI is InChI=1S/C14H13N3O5S2/c15-9-11-3-4-13(17(19)20)12(8-11)10-16(5-6-18)24(21,22)14-2-1-7-23-14/h1-4,7-8,18H,5-6,10H2. The number of aliphatic hydroxyl groups excluding tert-OH is 1. The van der Waals surface area contributed by atoms with Gasteiger partial charge in [0.25, 0.3) is 15.7 Å². The molecule has 0 saturated carbocycles. The third-order valence-corrected chi connectivity index (χ3v) is 6.41. The van der Waals surface area contributed by atoms with Crippen molar-refractivity contribution in [3.8, 4) is 6.07 Å². The highest BCUT2D eigenvalue weighted by Crippen LogP contribution is 2.26. The summed E-state index contributed by atoms with van der Waals surface area (Å²) in [6.45, 7) is -0.961. The Morgan fingerprint density at radius 1 is 1.38 bits per heavy atom. The van der Waals surface area contributed by atoms with E-state index in [2.05, 4.69) is 0 Å². The molecule has 1 N–H and O–H groups in total. The van der Waals surface area contributed by atoms with Crippen molar-refractivity contribution in [2.45, 2.75) is 10.8 Å². The molecule has 2 rings (SSSR count). The predicted molar refractivity (Wildman–Crippen MR) is 86.8 cm³/mol. The fourth-order valence-corrected chi connectivity index (χ4v) is 4.64. The molecule has 8 nitrogen and oxygen atoms in total. The maximum atomic E-state index is 12.6. The summed E-state index contributed by atoms with van der Waals surface area (Å²) in [5, 5.41) is 30.9. The van der Waals surface area contributed by atoms with Gasteiger partial charge >= 0.3 is 0 Å². The van der Waals surface area contributed by atoms with Crippen LogP contribution in [0.3, 0.4) is 0 Å². The molecule has 0 radical (unpaired) electrons. The minimum Gasteiger partial charge on any atom is -0.395 e. The van der Waals surface area contributed by atoms with Crippen molar-refractivity contribution in [1.29, 1.82) is 5.26 Å². The van der Waals surface area contributed by atoms with Crippen LogP contribution < -0.4 is 0 Å². The molecule has 0 atom stereocenters. The largest absolute Gasteiger partial charge is 0.395 e. The lowest BCUT2D eigenvalue weighted by Crippen LogP contribution is -2.33. The number of benzene rings is 1. The zero-order valence-electron chi connectivity index (χ0n) is 12.3. The Hall–Kier alpha value is -2.32. The maximum absolute atomic E-state index is 12.6. The van der Waals surface area contributed by atoms with Gasteiger partial charge in [-0.1, -0.05) is 6.07 Å². The van der Waals surface area contributed by atoms with Gasteiger partial charge in [0.15, 0.2) is 0 Å². The maximum Gasteiger partial charge on any atom is 0.274 e. The molecule has 0 amide bonds. The fraction of sp³-hybridized carbons (Fsp3) is 0.214. The molecule has 2 aromatic rings. The lowest BCUT2D eigenvalue weighted by molar-refractivity contribution is -0.385. The Balaban J connectivity index is 2.45. The van der Waals surface area contributed by atoms with Crippen LogP contribution in [0.4, 0.5) is 5.69 Å². The van der Waals surface area contributed by atoms with Crippen LogP contribution in [0.25, 0.3) is 0 Å². The number of hydrogen-bond donors (Lipinski definition) is 1. The predicted octanol–water partition coefficient (Wildman–Crippen LogP) is 1.71. The number of nitriles is 1. The van der Waals surface area contributed by atoms with Gasteiger partial charge in [0.2, 0.25) is 0 Å². The molecule has 0 bridgehead atoms. The second-order valence-electron chi connectivity index (χ2n) is 4.71. The number of sulfonamides is 1. The summed E-state index contributed by atoms with van der Waals surface area (Å²) in [4.78, 5) is 10.5. The SMILES string of the molecule is N#Cc1ccc([N+](=O)[O-])c(CN(CCO)S(=O)(=O)c2cccs2)c1. The highest BCUT2D eigenvalue weighted by molar-refractivity contribution is 7.91. The van der Waals surface area contributed by atoms with Crippen LogP contribution in [0.1, 0.15) is 11.1 Å². The van der Waals surface area contributed by atoms with E-state index in [4.69, 9.17) is 10.4 Å². The summed E-state index contributed by atoms with van der Waals surface area (Å²) >= 11 is 1.02. The van der Waals surface area contributed by atoms with E-state index in [1.54, 1.807) is 11.4 Å². The Morgan fingerprint density at radius 3 is 2.67 bits per heavy atom. The average Bonchev–Trinajstić information content (AvgIpc) is 3.09. The van der Waals surface area contributed by atoms with Gasteiger partial charge in [-0.25, -0.2) is 8.42 Å². The fourth-order valence-electron chi connectivity index (χ4n) is 2.08. The summed E-state index contributed by atoms with van der Waals surface area (Å²) < 4.78 is 26.3. The van der Waals surface area contributed by atoms with Crippen molar-refractivity contribution in [3.05, 3.63) is 57.0 Å². The molecule has 0 spiro atoms. The van der Waals surface area contributed by atoms with E-state index in [1.807, 2.05) is 6.07 Å². The molecule has 1 heterocycles. The normalized spacial score (nSPS) is 11.4. The number of nitro groups is 1. The van der Waals surface area contributed by atoms with E-state index in [1.165, 1.54) is 24.3 Å². The van der Waals surface area contributed by atoms with E-state index >= 15 is 0 Å². The first-order valence-electron chi connectivity index (χ1n) is 6.72. The summed E-state index contributed by atoms with van der Waals surface area (Å²) in [6.07, 6.45) is 0. The number of rotatable bonds is 7. The van der Waals surface area contributed by atoms with Crippen LogP contribution in [0.15, 0.2) is 39.9 Å². The Morgan fingerprint density at radius 2 is 2.12 bits per heavy atom. The molecule has 24 heavy (non-hydrogen) atoms. The summed E-state index contributed by atoms with van der Waals surface area (Å²) in [7, 11) is -3.89. The highest BCUT2D eigenvalue weighted by atomic mass is 32.2. The smallest absolute Gasteiger partial charge is 0.274 e. The van der Waals surface area contributed by atoms with E-state index < -0.39 is 21.6 Å². The van der Waals surface area contributed by atoms with E-state index in [9.17, 15) is 18.5 Å². The van der Waals surface area contributed by atoms with Crippen molar-refractivity contribution in [2.24, 2.45) is 0 Å². The van der Waals surface area contributed by atoms with Gasteiger partial charge in [-0.2, -0.15) is 9.57 Å². The first-order chi connectivity index (χ1) is 11.4. The van der Waals surface area contributed by atoms with E-state index in [-0.39, 0.29) is 34.1 Å². The Labute approximate surface area is 142 Å². The molecule has 0 saturated heterocycles. The zero-order chi connectivity index (χ0) is 17.7. The van der Waals surface area contributed by atoms with Gasteiger partial charge in [-0.3, -0.25) is 10.1 Å². The molecule has 0 fully saturated rings. The van der Waals surface area contributed by atoms with Crippen LogP contribution in [-0.4, -0.2) is 35.9 Å². The van der Waals surface area contributed by atoms with E-state index in [0.29, 0.717) is 0 Å². The molecule has 0 aliphatic heterocycles. The second-order valence-corrected chi connectivity index (χ2v) is 7.82. The quantitative estimate of drug-likeness (QED) is 0.587. The van der Waals surface area contributed by atoms with Gasteiger partial charge in [-0.05, 0) is 23.6 Å². The molecule has 0 aliphatic carbocycles. The van der Waals surface area contributed by atoms with Gasteiger partial charge in [-0.15, -0.1) is 11.3 Å². The number of nitrogens with zero attached hydrogens (tertiary/aromatic N) is 3. The molecular weight excluding hydrogens is 354 g/mol. The monoisotopic (exact) mass is 367 g/mol. The highest BCUT2D eigenvalue weighted by Gasteiger charge is 2.27. The number of thiophene rings is 1. The van der Waals surface area contributed by atoms with Crippen LogP contribution in [0.5, 0.6) is 0 Å². The topological polar surface area (TPSA) is 125 Å². The number of nitro benzene ring substituents is 1. The first-order valence-corrected chi connectivity index (χ1v) is 9.04. The molecule has 10 heteroatoms. The van der Waals surface area contributed by atoms with Gasteiger partial charge in [0.1, 0.15) is 4.21 Å². The molecule has 1 aromatic heterocycles. The lowest BCUT2D eigenvalue weighted by Gasteiger charge is -2.20. The van der Waals surface area contributed by atoms with Crippen LogP contribution >= 0.6 is 11.3 Å². The van der Waals surface area contributed by atoms with Crippen molar-refractivity contribution in [3.63, 3.8) is 0 Å². The summed E-state index contributed by atoms with van der Waals surface area (Å²) in [5.41, 5.74) is -0.000907. The second kappa shape index (κ2) is 7.50. The molecule has 1 aromatic carbocycles. The lowest BCUT2D eigenvalue weighted by atomic mass is 10.1. The van der Waals surface area contributed by atoms with Gasteiger partial charge in [0.05, 0.1) is 23.2 Å². The first kappa shape index (κ1) is 18.0. The van der Waals surface area contributed by atoms with Crippen molar-refractivity contribution in [1.82, 2.24) is 4.31 Å². The van der Waals surface area contributed by atoms with Crippen molar-refractivity contribution >= 4 is 27.0 Å². The van der Waals surface area contributed by atoms with Gasteiger partial charge in [0, 0.05) is 24.7 Å². The van der Waals surface area contributed by atoms with Crippen LogP contribution in [0.2, 0.25) is 0 Å². The molecule has 126 valence electrons. The molecular formula is C14H13N3O5S2.